The molecule has 150 valence electrons. The van der Waals surface area contributed by atoms with Gasteiger partial charge in [0.2, 0.25) is 5.91 Å². The van der Waals surface area contributed by atoms with E-state index >= 15 is 0 Å². The minimum absolute atomic E-state index is 0.193. The summed E-state index contributed by atoms with van der Waals surface area (Å²) >= 11 is 1.22. The third kappa shape index (κ3) is 6.51. The van der Waals surface area contributed by atoms with E-state index in [1.807, 2.05) is 25.7 Å². The molecule has 2 heterocycles. The highest BCUT2D eigenvalue weighted by molar-refractivity contribution is 7.12. The number of hydrogen-bond acceptors (Lipinski definition) is 7. The predicted octanol–water partition coefficient (Wildman–Crippen LogP) is 2.42. The van der Waals surface area contributed by atoms with Crippen molar-refractivity contribution >= 4 is 35.0 Å². The van der Waals surface area contributed by atoms with Crippen molar-refractivity contribution in [1.29, 1.82) is 0 Å². The first-order chi connectivity index (χ1) is 12.7. The van der Waals surface area contributed by atoms with Crippen LogP contribution in [0.2, 0.25) is 0 Å². The normalized spacial score (nSPS) is 15.8. The summed E-state index contributed by atoms with van der Waals surface area (Å²) < 4.78 is 10.1. The topological polar surface area (TPSA) is 88.2 Å². The monoisotopic (exact) mass is 397 g/mol. The summed E-state index contributed by atoms with van der Waals surface area (Å²) in [6.07, 6.45) is 0.438. The fourth-order valence-corrected chi connectivity index (χ4v) is 3.46. The molecule has 0 aromatic carbocycles. The van der Waals surface area contributed by atoms with Gasteiger partial charge >= 0.3 is 12.1 Å². The molecule has 2 amide bonds. The lowest BCUT2D eigenvalue weighted by molar-refractivity contribution is -0.117. The Morgan fingerprint density at radius 2 is 1.93 bits per heavy atom. The summed E-state index contributed by atoms with van der Waals surface area (Å²) in [4.78, 5) is 40.3. The first kappa shape index (κ1) is 21.2. The summed E-state index contributed by atoms with van der Waals surface area (Å²) in [5, 5.41) is 4.49. The number of amides is 2. The third-order valence-electron chi connectivity index (χ3n) is 3.92. The highest BCUT2D eigenvalue weighted by Crippen LogP contribution is 2.23. The van der Waals surface area contributed by atoms with Crippen LogP contribution in [0, 0.1) is 0 Å². The van der Waals surface area contributed by atoms with Crippen LogP contribution in [0.3, 0.4) is 0 Å². The van der Waals surface area contributed by atoms with Gasteiger partial charge in [-0.1, -0.05) is 0 Å². The lowest BCUT2D eigenvalue weighted by atomic mass is 10.2. The Kier molecular flexibility index (Phi) is 7.20. The average molecular weight is 397 g/mol. The second kappa shape index (κ2) is 9.18. The van der Waals surface area contributed by atoms with E-state index in [-0.39, 0.29) is 18.5 Å². The van der Waals surface area contributed by atoms with Crippen LogP contribution >= 0.6 is 11.3 Å². The van der Waals surface area contributed by atoms with Crippen LogP contribution in [0.4, 0.5) is 10.5 Å². The molecular formula is C18H27N3O5S. The molecule has 1 aromatic heterocycles. The van der Waals surface area contributed by atoms with E-state index < -0.39 is 11.6 Å². The summed E-state index contributed by atoms with van der Waals surface area (Å²) in [5.74, 6) is -0.674. The molecule has 9 heteroatoms. The predicted molar refractivity (Wildman–Crippen MR) is 103 cm³/mol. The van der Waals surface area contributed by atoms with Crippen LogP contribution < -0.4 is 5.32 Å². The van der Waals surface area contributed by atoms with Crippen molar-refractivity contribution in [1.82, 2.24) is 9.80 Å². The Balaban J connectivity index is 1.86. The van der Waals surface area contributed by atoms with Crippen molar-refractivity contribution in [3.8, 4) is 0 Å². The highest BCUT2D eigenvalue weighted by Gasteiger charge is 2.25. The largest absolute Gasteiger partial charge is 0.465 e. The Morgan fingerprint density at radius 3 is 2.59 bits per heavy atom. The third-order valence-corrected chi connectivity index (χ3v) is 4.81. The van der Waals surface area contributed by atoms with Gasteiger partial charge in [-0.15, -0.1) is 11.3 Å². The number of carbonyl (C=O) groups excluding carboxylic acids is 3. The molecule has 0 aliphatic carbocycles. The minimum atomic E-state index is -0.527. The lowest BCUT2D eigenvalue weighted by Crippen LogP contribution is -2.40. The number of hydrogen-bond donors (Lipinski definition) is 1. The number of methoxy groups -OCH3 is 1. The second-order valence-corrected chi connectivity index (χ2v) is 8.22. The van der Waals surface area contributed by atoms with Gasteiger partial charge in [-0.25, -0.2) is 9.59 Å². The first-order valence-corrected chi connectivity index (χ1v) is 9.73. The van der Waals surface area contributed by atoms with E-state index in [0.717, 1.165) is 6.42 Å². The smallest absolute Gasteiger partial charge is 0.410 e. The fourth-order valence-electron chi connectivity index (χ4n) is 2.69. The number of rotatable bonds is 4. The zero-order valence-electron chi connectivity index (χ0n) is 16.2. The maximum Gasteiger partial charge on any atom is 0.410 e. The number of ether oxygens (including phenoxy) is 2. The Bertz CT molecular complexity index is 683. The number of anilines is 1. The van der Waals surface area contributed by atoms with Crippen molar-refractivity contribution in [2.24, 2.45) is 0 Å². The molecule has 1 N–H and O–H groups in total. The first-order valence-electron chi connectivity index (χ1n) is 8.85. The molecule has 0 atom stereocenters. The molecule has 0 radical (unpaired) electrons. The highest BCUT2D eigenvalue weighted by atomic mass is 32.1. The van der Waals surface area contributed by atoms with Crippen molar-refractivity contribution in [2.45, 2.75) is 32.8 Å². The lowest BCUT2D eigenvalue weighted by Gasteiger charge is -2.26. The number of nitrogens with zero attached hydrogens (tertiary/aromatic N) is 2. The molecule has 0 saturated carbocycles. The summed E-state index contributed by atoms with van der Waals surface area (Å²) in [6, 6.07) is 1.68. The molecule has 1 fully saturated rings. The van der Waals surface area contributed by atoms with Crippen molar-refractivity contribution < 1.29 is 23.9 Å². The van der Waals surface area contributed by atoms with E-state index in [0.29, 0.717) is 36.7 Å². The molecular weight excluding hydrogens is 370 g/mol. The van der Waals surface area contributed by atoms with E-state index in [4.69, 9.17) is 9.47 Å². The van der Waals surface area contributed by atoms with Crippen molar-refractivity contribution in [3.63, 3.8) is 0 Å². The van der Waals surface area contributed by atoms with E-state index in [2.05, 4.69) is 5.32 Å². The van der Waals surface area contributed by atoms with Gasteiger partial charge in [-0.05, 0) is 38.6 Å². The van der Waals surface area contributed by atoms with Gasteiger partial charge in [0.1, 0.15) is 10.5 Å². The summed E-state index contributed by atoms with van der Waals surface area (Å²) in [7, 11) is 1.31. The number of carbonyl (C=O) groups is 3. The minimum Gasteiger partial charge on any atom is -0.465 e. The van der Waals surface area contributed by atoms with E-state index in [1.165, 1.54) is 18.4 Å². The fraction of sp³-hybridized carbons (Fsp3) is 0.611. The molecule has 0 unspecified atom stereocenters. The van der Waals surface area contributed by atoms with Crippen LogP contribution in [-0.2, 0) is 14.3 Å². The van der Waals surface area contributed by atoms with Gasteiger partial charge in [-0.3, -0.25) is 9.69 Å². The molecule has 1 aliphatic rings. The number of nitrogens with one attached hydrogen (secondary N) is 1. The van der Waals surface area contributed by atoms with E-state index in [9.17, 15) is 14.4 Å². The molecule has 2 rings (SSSR count). The standard InChI is InChI=1S/C18H27N3O5S/c1-18(2,3)26-17(24)21-8-5-7-20(9-10-21)12-14(22)19-13-6-11-27-15(13)16(23)25-4/h6,11H,5,7-10,12H2,1-4H3,(H,19,22). The van der Waals surface area contributed by atoms with Crippen LogP contribution in [0.1, 0.15) is 36.9 Å². The van der Waals surface area contributed by atoms with Gasteiger partial charge in [-0.2, -0.15) is 0 Å². The van der Waals surface area contributed by atoms with Gasteiger partial charge in [0.05, 0.1) is 19.3 Å². The number of thiophene rings is 1. The van der Waals surface area contributed by atoms with Crippen LogP contribution in [0.25, 0.3) is 0 Å². The molecule has 0 spiro atoms. The van der Waals surface area contributed by atoms with E-state index in [1.54, 1.807) is 16.3 Å². The quantitative estimate of drug-likeness (QED) is 0.785. The summed E-state index contributed by atoms with van der Waals surface area (Å²) in [6.45, 7) is 8.11. The SMILES string of the molecule is COC(=O)c1sccc1NC(=O)CN1CCCN(C(=O)OC(C)(C)C)CC1. The Morgan fingerprint density at radius 1 is 1.19 bits per heavy atom. The Hall–Kier alpha value is -2.13. The maximum absolute atomic E-state index is 12.4. The molecule has 8 nitrogen and oxygen atoms in total. The zero-order valence-corrected chi connectivity index (χ0v) is 17.1. The van der Waals surface area contributed by atoms with Crippen molar-refractivity contribution in [3.05, 3.63) is 16.3 Å². The number of esters is 1. The van der Waals surface area contributed by atoms with Crippen LogP contribution in [0.5, 0.6) is 0 Å². The average Bonchev–Trinajstić information content (AvgIpc) is 2.89. The van der Waals surface area contributed by atoms with Gasteiger partial charge in [0, 0.05) is 26.2 Å². The van der Waals surface area contributed by atoms with Crippen LogP contribution in [0.15, 0.2) is 11.4 Å². The van der Waals surface area contributed by atoms with Gasteiger partial charge < -0.3 is 19.7 Å². The van der Waals surface area contributed by atoms with Crippen LogP contribution in [-0.4, -0.2) is 73.2 Å². The second-order valence-electron chi connectivity index (χ2n) is 7.30. The zero-order chi connectivity index (χ0) is 20.0. The molecule has 1 saturated heterocycles. The van der Waals surface area contributed by atoms with Crippen molar-refractivity contribution in [2.75, 3.05) is 45.2 Å². The maximum atomic E-state index is 12.4. The van der Waals surface area contributed by atoms with Gasteiger partial charge in [0.25, 0.3) is 0 Å². The summed E-state index contributed by atoms with van der Waals surface area (Å²) in [5.41, 5.74) is -0.0667. The molecule has 1 aromatic rings. The molecule has 0 bridgehead atoms. The molecule has 27 heavy (non-hydrogen) atoms. The van der Waals surface area contributed by atoms with Gasteiger partial charge in [0.15, 0.2) is 0 Å². The molecule has 1 aliphatic heterocycles. The Labute approximate surface area is 163 Å².